The van der Waals surface area contributed by atoms with Crippen LogP contribution in [0, 0.1) is 5.92 Å². The molecule has 2 aliphatic rings. The Hall–Kier alpha value is -2.17. The highest BCUT2D eigenvalue weighted by atomic mass is 16.7. The van der Waals surface area contributed by atoms with Crippen molar-refractivity contribution >= 4 is 5.97 Å². The van der Waals surface area contributed by atoms with Crippen molar-refractivity contribution in [3.05, 3.63) is 71.8 Å². The minimum atomic E-state index is -0.259. The highest BCUT2D eigenvalue weighted by Crippen LogP contribution is 2.32. The van der Waals surface area contributed by atoms with Gasteiger partial charge in [0, 0.05) is 19.1 Å². The standard InChI is InChI=1S/C20H22N2O2/c23-20(17-9-5-2-6-10-17)24-22-14-18-11-12-21(19(18)15-22)13-16-7-3-1-4-8-16/h1-10,18-19H,11-15H2/t18?,19-/m0/s1. The van der Waals surface area contributed by atoms with Gasteiger partial charge >= 0.3 is 5.97 Å². The molecule has 0 saturated carbocycles. The predicted octanol–water partition coefficient (Wildman–Crippen LogP) is 2.96. The molecule has 0 N–H and O–H groups in total. The van der Waals surface area contributed by atoms with Gasteiger partial charge in [-0.25, -0.2) is 4.79 Å². The Morgan fingerprint density at radius 3 is 2.46 bits per heavy atom. The van der Waals surface area contributed by atoms with Gasteiger partial charge in [0.1, 0.15) is 0 Å². The molecule has 2 heterocycles. The van der Waals surface area contributed by atoms with Crippen LogP contribution in [0.1, 0.15) is 22.3 Å². The summed E-state index contributed by atoms with van der Waals surface area (Å²) in [5.41, 5.74) is 1.95. The molecule has 0 amide bonds. The van der Waals surface area contributed by atoms with Crippen molar-refractivity contribution in [1.82, 2.24) is 9.96 Å². The van der Waals surface area contributed by atoms with Gasteiger partial charge in [0.15, 0.2) is 0 Å². The van der Waals surface area contributed by atoms with E-state index < -0.39 is 0 Å². The molecule has 0 spiro atoms. The first-order valence-electron chi connectivity index (χ1n) is 8.60. The summed E-state index contributed by atoms with van der Waals surface area (Å²) in [6, 6.07) is 20.3. The van der Waals surface area contributed by atoms with E-state index in [1.165, 1.54) is 12.0 Å². The highest BCUT2D eigenvalue weighted by Gasteiger charge is 2.42. The lowest BCUT2D eigenvalue weighted by Gasteiger charge is -2.24. The van der Waals surface area contributed by atoms with Gasteiger partial charge in [0.05, 0.1) is 12.1 Å². The van der Waals surface area contributed by atoms with Crippen LogP contribution in [0.2, 0.25) is 0 Å². The second-order valence-corrected chi connectivity index (χ2v) is 6.66. The SMILES string of the molecule is O=C(ON1CC2CCN(Cc3ccccc3)[C@H]2C1)c1ccccc1. The van der Waals surface area contributed by atoms with Crippen LogP contribution in [0.4, 0.5) is 0 Å². The molecule has 2 aromatic rings. The molecule has 4 rings (SSSR count). The third-order valence-corrected chi connectivity index (χ3v) is 5.08. The fourth-order valence-electron chi connectivity index (χ4n) is 3.84. The lowest BCUT2D eigenvalue weighted by atomic mass is 10.1. The topological polar surface area (TPSA) is 32.8 Å². The van der Waals surface area contributed by atoms with Crippen LogP contribution < -0.4 is 0 Å². The maximum Gasteiger partial charge on any atom is 0.357 e. The summed E-state index contributed by atoms with van der Waals surface area (Å²) < 4.78 is 0. The van der Waals surface area contributed by atoms with Crippen LogP contribution in [-0.2, 0) is 11.4 Å². The fourth-order valence-corrected chi connectivity index (χ4v) is 3.84. The van der Waals surface area contributed by atoms with Gasteiger partial charge in [-0.2, -0.15) is 0 Å². The summed E-state index contributed by atoms with van der Waals surface area (Å²) in [5, 5.41) is 1.85. The Bertz CT molecular complexity index is 689. The second-order valence-electron chi connectivity index (χ2n) is 6.66. The highest BCUT2D eigenvalue weighted by molar-refractivity contribution is 5.89. The third kappa shape index (κ3) is 3.21. The van der Waals surface area contributed by atoms with Crippen LogP contribution in [0.15, 0.2) is 60.7 Å². The van der Waals surface area contributed by atoms with Gasteiger partial charge in [-0.15, -0.1) is 5.06 Å². The maximum absolute atomic E-state index is 12.2. The van der Waals surface area contributed by atoms with E-state index >= 15 is 0 Å². The Morgan fingerprint density at radius 1 is 1.00 bits per heavy atom. The minimum Gasteiger partial charge on any atom is -0.364 e. The molecule has 2 aromatic carbocycles. The first kappa shape index (κ1) is 15.4. The smallest absolute Gasteiger partial charge is 0.357 e. The number of nitrogens with zero attached hydrogens (tertiary/aromatic N) is 2. The zero-order valence-corrected chi connectivity index (χ0v) is 13.7. The van der Waals surface area contributed by atoms with E-state index in [0.29, 0.717) is 17.5 Å². The van der Waals surface area contributed by atoms with Crippen LogP contribution >= 0.6 is 0 Å². The average molecular weight is 322 g/mol. The van der Waals surface area contributed by atoms with Gasteiger partial charge < -0.3 is 4.84 Å². The van der Waals surface area contributed by atoms with Crippen molar-refractivity contribution in [3.63, 3.8) is 0 Å². The molecule has 2 atom stereocenters. The first-order valence-corrected chi connectivity index (χ1v) is 8.60. The number of likely N-dealkylation sites (tertiary alicyclic amines) is 1. The minimum absolute atomic E-state index is 0.259. The third-order valence-electron chi connectivity index (χ3n) is 5.08. The zero-order chi connectivity index (χ0) is 16.4. The quantitative estimate of drug-likeness (QED) is 0.866. The van der Waals surface area contributed by atoms with Crippen LogP contribution in [0.3, 0.4) is 0 Å². The van der Waals surface area contributed by atoms with E-state index in [1.54, 1.807) is 12.1 Å². The van der Waals surface area contributed by atoms with Crippen molar-refractivity contribution in [1.29, 1.82) is 0 Å². The Labute approximate surface area is 142 Å². The van der Waals surface area contributed by atoms with E-state index in [-0.39, 0.29) is 5.97 Å². The van der Waals surface area contributed by atoms with E-state index in [4.69, 9.17) is 4.84 Å². The van der Waals surface area contributed by atoms with E-state index in [2.05, 4.69) is 35.2 Å². The molecule has 124 valence electrons. The summed E-state index contributed by atoms with van der Waals surface area (Å²) in [4.78, 5) is 20.3. The van der Waals surface area contributed by atoms with Crippen molar-refractivity contribution in [2.45, 2.75) is 19.0 Å². The normalized spacial score (nSPS) is 24.0. The van der Waals surface area contributed by atoms with Crippen molar-refractivity contribution < 1.29 is 9.63 Å². The van der Waals surface area contributed by atoms with Crippen LogP contribution in [-0.4, -0.2) is 41.6 Å². The number of carbonyl (C=O) groups excluding carboxylic acids is 1. The molecule has 0 aromatic heterocycles. The number of hydrogen-bond acceptors (Lipinski definition) is 4. The van der Waals surface area contributed by atoms with Gasteiger partial charge in [0.25, 0.3) is 0 Å². The average Bonchev–Trinajstić information content (AvgIpc) is 3.18. The summed E-state index contributed by atoms with van der Waals surface area (Å²) in [5.74, 6) is 0.336. The molecule has 0 radical (unpaired) electrons. The van der Waals surface area contributed by atoms with E-state index in [1.807, 2.05) is 23.3 Å². The monoisotopic (exact) mass is 322 g/mol. The second kappa shape index (κ2) is 6.75. The molecule has 0 bridgehead atoms. The number of hydrogen-bond donors (Lipinski definition) is 0. The number of fused-ring (bicyclic) bond motifs is 1. The maximum atomic E-state index is 12.2. The van der Waals surface area contributed by atoms with Gasteiger partial charge in [0.2, 0.25) is 0 Å². The molecule has 2 aliphatic heterocycles. The summed E-state index contributed by atoms with van der Waals surface area (Å²) in [7, 11) is 0. The lowest BCUT2D eigenvalue weighted by molar-refractivity contribution is -0.0994. The van der Waals surface area contributed by atoms with Crippen molar-refractivity contribution in [2.75, 3.05) is 19.6 Å². The largest absolute Gasteiger partial charge is 0.364 e. The molecule has 24 heavy (non-hydrogen) atoms. The molecule has 0 aliphatic carbocycles. The fraction of sp³-hybridized carbons (Fsp3) is 0.350. The number of rotatable bonds is 4. The van der Waals surface area contributed by atoms with Gasteiger partial charge in [-0.05, 0) is 36.6 Å². The molecule has 2 saturated heterocycles. The van der Waals surface area contributed by atoms with Crippen molar-refractivity contribution in [2.24, 2.45) is 5.92 Å². The molecule has 2 fully saturated rings. The molecule has 1 unspecified atom stereocenters. The summed E-state index contributed by atoms with van der Waals surface area (Å²) in [6.45, 7) is 3.75. The van der Waals surface area contributed by atoms with Gasteiger partial charge in [-0.3, -0.25) is 4.90 Å². The Morgan fingerprint density at radius 2 is 1.71 bits per heavy atom. The van der Waals surface area contributed by atoms with E-state index in [9.17, 15) is 4.79 Å². The van der Waals surface area contributed by atoms with Crippen molar-refractivity contribution in [3.8, 4) is 0 Å². The lowest BCUT2D eigenvalue weighted by Crippen LogP contribution is -2.35. The zero-order valence-electron chi connectivity index (χ0n) is 13.7. The predicted molar refractivity (Wildman–Crippen MR) is 92.2 cm³/mol. The Kier molecular flexibility index (Phi) is 4.32. The molecular weight excluding hydrogens is 300 g/mol. The van der Waals surface area contributed by atoms with Crippen LogP contribution in [0.25, 0.3) is 0 Å². The Balaban J connectivity index is 1.36. The molecule has 4 heteroatoms. The van der Waals surface area contributed by atoms with E-state index in [0.717, 1.165) is 26.2 Å². The number of benzene rings is 2. The summed E-state index contributed by atoms with van der Waals surface area (Å²) >= 11 is 0. The van der Waals surface area contributed by atoms with Crippen LogP contribution in [0.5, 0.6) is 0 Å². The molecule has 4 nitrogen and oxygen atoms in total. The number of hydroxylamine groups is 2. The first-order chi connectivity index (χ1) is 11.8. The van der Waals surface area contributed by atoms with Gasteiger partial charge in [-0.1, -0.05) is 48.5 Å². The number of carbonyl (C=O) groups is 1. The summed E-state index contributed by atoms with van der Waals surface area (Å²) in [6.07, 6.45) is 1.18. The molecular formula is C20H22N2O2.